The van der Waals surface area contributed by atoms with Gasteiger partial charge in [0, 0.05) is 31.9 Å². The van der Waals surface area contributed by atoms with Crippen LogP contribution in [0.15, 0.2) is 18.2 Å². The van der Waals surface area contributed by atoms with Gasteiger partial charge in [-0.25, -0.2) is 0 Å². The monoisotopic (exact) mass is 329 g/mol. The Bertz CT molecular complexity index is 552. The first-order chi connectivity index (χ1) is 10.8. The second-order valence-electron chi connectivity index (χ2n) is 5.84. The number of benzene rings is 1. The fourth-order valence-electron chi connectivity index (χ4n) is 2.69. The van der Waals surface area contributed by atoms with Gasteiger partial charge in [-0.1, -0.05) is 6.92 Å². The zero-order valence-corrected chi connectivity index (χ0v) is 13.4. The lowest BCUT2D eigenvalue weighted by molar-refractivity contribution is -0.137. The highest BCUT2D eigenvalue weighted by atomic mass is 19.4. The Morgan fingerprint density at radius 2 is 1.74 bits per heavy atom. The third-order valence-corrected chi connectivity index (χ3v) is 3.97. The Kier molecular flexibility index (Phi) is 5.64. The summed E-state index contributed by atoms with van der Waals surface area (Å²) in [4.78, 5) is 16.4. The summed E-state index contributed by atoms with van der Waals surface area (Å²) in [6, 6.07) is 3.59. The fourth-order valence-corrected chi connectivity index (χ4v) is 2.69. The number of aryl methyl sites for hydroxylation is 1. The maximum atomic E-state index is 12.8. The van der Waals surface area contributed by atoms with E-state index >= 15 is 0 Å². The Morgan fingerprint density at radius 1 is 1.13 bits per heavy atom. The number of likely N-dealkylation sites (N-methyl/N-ethyl adjacent to an activating group) is 1. The molecule has 1 N–H and O–H groups in total. The maximum absolute atomic E-state index is 12.8. The van der Waals surface area contributed by atoms with Crippen LogP contribution in [-0.4, -0.2) is 55.0 Å². The van der Waals surface area contributed by atoms with Gasteiger partial charge >= 0.3 is 6.18 Å². The normalized spacial score (nSPS) is 17.3. The van der Waals surface area contributed by atoms with Crippen LogP contribution in [0.5, 0.6) is 0 Å². The molecule has 1 aromatic rings. The number of hydrogen-bond acceptors (Lipinski definition) is 3. The number of hydrogen-bond donors (Lipinski definition) is 1. The molecule has 1 heterocycles. The summed E-state index contributed by atoms with van der Waals surface area (Å²) >= 11 is 0. The van der Waals surface area contributed by atoms with Crippen LogP contribution >= 0.6 is 0 Å². The minimum Gasteiger partial charge on any atom is -0.325 e. The molecule has 1 aliphatic rings. The molecule has 1 fully saturated rings. The van der Waals surface area contributed by atoms with E-state index in [9.17, 15) is 18.0 Å². The molecule has 128 valence electrons. The minimum absolute atomic E-state index is 0.189. The molecule has 4 nitrogen and oxygen atoms in total. The molecule has 23 heavy (non-hydrogen) atoms. The van der Waals surface area contributed by atoms with Gasteiger partial charge in [-0.2, -0.15) is 13.2 Å². The van der Waals surface area contributed by atoms with Crippen molar-refractivity contribution in [2.24, 2.45) is 0 Å². The molecule has 0 spiro atoms. The molecule has 7 heteroatoms. The van der Waals surface area contributed by atoms with Crippen LogP contribution in [0.4, 0.5) is 18.9 Å². The second-order valence-corrected chi connectivity index (χ2v) is 5.84. The van der Waals surface area contributed by atoms with Gasteiger partial charge in [0.05, 0.1) is 12.1 Å². The molecule has 1 saturated heterocycles. The topological polar surface area (TPSA) is 35.6 Å². The van der Waals surface area contributed by atoms with E-state index < -0.39 is 11.7 Å². The highest BCUT2D eigenvalue weighted by Crippen LogP contribution is 2.31. The third kappa shape index (κ3) is 5.21. The fraction of sp³-hybridized carbons (Fsp3) is 0.562. The van der Waals surface area contributed by atoms with Crippen LogP contribution in [0.3, 0.4) is 0 Å². The number of amides is 1. The predicted molar refractivity (Wildman–Crippen MR) is 83.4 cm³/mol. The maximum Gasteiger partial charge on any atom is 0.416 e. The SMILES string of the molecule is CCN1CCN(CC(=O)Nc2cc(C)cc(C(F)(F)F)c2)CC1. The number of carbonyl (C=O) groups is 1. The van der Waals surface area contributed by atoms with Gasteiger partial charge in [0.25, 0.3) is 0 Å². The van der Waals surface area contributed by atoms with Gasteiger partial charge < -0.3 is 10.2 Å². The summed E-state index contributed by atoms with van der Waals surface area (Å²) in [5.74, 6) is -0.284. The Hall–Kier alpha value is -1.60. The second kappa shape index (κ2) is 7.31. The third-order valence-electron chi connectivity index (χ3n) is 3.97. The summed E-state index contributed by atoms with van der Waals surface area (Å²) in [5.41, 5.74) is -0.0921. The number of nitrogens with zero attached hydrogens (tertiary/aromatic N) is 2. The molecule has 1 aliphatic heterocycles. The van der Waals surface area contributed by atoms with E-state index in [1.165, 1.54) is 0 Å². The van der Waals surface area contributed by atoms with Crippen molar-refractivity contribution < 1.29 is 18.0 Å². The average molecular weight is 329 g/mol. The van der Waals surface area contributed by atoms with Crippen molar-refractivity contribution in [1.29, 1.82) is 0 Å². The lowest BCUT2D eigenvalue weighted by Gasteiger charge is -2.33. The van der Waals surface area contributed by atoms with Gasteiger partial charge in [-0.05, 0) is 37.2 Å². The molecule has 0 saturated carbocycles. The molecule has 1 aromatic carbocycles. The van der Waals surface area contributed by atoms with Crippen LogP contribution in [0.2, 0.25) is 0 Å². The van der Waals surface area contributed by atoms with Crippen molar-refractivity contribution in [3.05, 3.63) is 29.3 Å². The standard InChI is InChI=1S/C16H22F3N3O/c1-3-21-4-6-22(7-5-21)11-15(23)20-14-9-12(2)8-13(10-14)16(17,18)19/h8-10H,3-7,11H2,1-2H3,(H,20,23). The summed E-state index contributed by atoms with van der Waals surface area (Å²) < 4.78 is 38.4. The lowest BCUT2D eigenvalue weighted by atomic mass is 10.1. The quantitative estimate of drug-likeness (QED) is 0.922. The molecule has 0 aromatic heterocycles. The summed E-state index contributed by atoms with van der Waals surface area (Å²) in [5, 5.41) is 2.57. The van der Waals surface area contributed by atoms with Crippen molar-refractivity contribution in [3.8, 4) is 0 Å². The molecular formula is C16H22F3N3O. The van der Waals surface area contributed by atoms with Gasteiger partial charge in [-0.15, -0.1) is 0 Å². The van der Waals surface area contributed by atoms with E-state index in [0.29, 0.717) is 5.56 Å². The van der Waals surface area contributed by atoms with Gasteiger partial charge in [0.1, 0.15) is 0 Å². The summed E-state index contributed by atoms with van der Waals surface area (Å²) in [6.45, 7) is 8.27. The first kappa shape index (κ1) is 17.7. The largest absolute Gasteiger partial charge is 0.416 e. The van der Waals surface area contributed by atoms with Gasteiger partial charge in [0.2, 0.25) is 5.91 Å². The average Bonchev–Trinajstić information content (AvgIpc) is 2.46. The molecule has 0 atom stereocenters. The van der Waals surface area contributed by atoms with E-state index in [0.717, 1.165) is 44.9 Å². The zero-order chi connectivity index (χ0) is 17.0. The highest BCUT2D eigenvalue weighted by Gasteiger charge is 2.31. The number of rotatable bonds is 4. The number of carbonyl (C=O) groups excluding carboxylic acids is 1. The van der Waals surface area contributed by atoms with Crippen LogP contribution in [-0.2, 0) is 11.0 Å². The Balaban J connectivity index is 1.94. The van der Waals surface area contributed by atoms with E-state index in [4.69, 9.17) is 0 Å². The number of piperazine rings is 1. The summed E-state index contributed by atoms with van der Waals surface area (Å²) in [7, 11) is 0. The van der Waals surface area contributed by atoms with Crippen molar-refractivity contribution in [2.75, 3.05) is 44.6 Å². The molecule has 0 unspecified atom stereocenters. The van der Waals surface area contributed by atoms with Gasteiger partial charge in [0.15, 0.2) is 0 Å². The van der Waals surface area contributed by atoms with Crippen LogP contribution in [0, 0.1) is 6.92 Å². The van der Waals surface area contributed by atoms with E-state index in [-0.39, 0.29) is 18.1 Å². The summed E-state index contributed by atoms with van der Waals surface area (Å²) in [6.07, 6.45) is -4.41. The molecule has 1 amide bonds. The Labute approximate surface area is 134 Å². The number of halogens is 3. The van der Waals surface area contributed by atoms with Crippen LogP contribution < -0.4 is 5.32 Å². The van der Waals surface area contributed by atoms with E-state index in [1.807, 2.05) is 4.90 Å². The number of nitrogens with one attached hydrogen (secondary N) is 1. The molecule has 2 rings (SSSR count). The van der Waals surface area contributed by atoms with Crippen LogP contribution in [0.25, 0.3) is 0 Å². The van der Waals surface area contributed by atoms with Crippen molar-refractivity contribution in [1.82, 2.24) is 9.80 Å². The molecule has 0 bridgehead atoms. The first-order valence-electron chi connectivity index (χ1n) is 7.71. The van der Waals surface area contributed by atoms with Crippen molar-refractivity contribution in [3.63, 3.8) is 0 Å². The smallest absolute Gasteiger partial charge is 0.325 e. The van der Waals surface area contributed by atoms with E-state index in [1.54, 1.807) is 13.0 Å². The molecule has 0 aliphatic carbocycles. The number of anilines is 1. The highest BCUT2D eigenvalue weighted by molar-refractivity contribution is 5.92. The van der Waals surface area contributed by atoms with Gasteiger partial charge in [-0.3, -0.25) is 9.69 Å². The lowest BCUT2D eigenvalue weighted by Crippen LogP contribution is -2.48. The van der Waals surface area contributed by atoms with E-state index in [2.05, 4.69) is 17.1 Å². The molecular weight excluding hydrogens is 307 g/mol. The zero-order valence-electron chi connectivity index (χ0n) is 13.4. The first-order valence-corrected chi connectivity index (χ1v) is 7.71. The Morgan fingerprint density at radius 3 is 2.30 bits per heavy atom. The van der Waals surface area contributed by atoms with Crippen molar-refractivity contribution in [2.45, 2.75) is 20.0 Å². The predicted octanol–water partition coefficient (Wildman–Crippen LogP) is 2.59. The molecule has 0 radical (unpaired) electrons. The minimum atomic E-state index is -4.41. The van der Waals surface area contributed by atoms with Crippen LogP contribution in [0.1, 0.15) is 18.1 Å². The van der Waals surface area contributed by atoms with Crippen molar-refractivity contribution >= 4 is 11.6 Å². The number of alkyl halides is 3.